The maximum absolute atomic E-state index is 13.5. The molecule has 90 valence electrons. The number of nitrogens with one attached hydrogen (secondary N) is 1. The fourth-order valence-electron chi connectivity index (χ4n) is 1.70. The molecule has 0 aliphatic carbocycles. The Morgan fingerprint density at radius 3 is 2.82 bits per heavy atom. The van der Waals surface area contributed by atoms with Crippen LogP contribution in [0.4, 0.5) is 4.39 Å². The molecule has 0 atom stereocenters. The van der Waals surface area contributed by atoms with Crippen LogP contribution in [-0.2, 0) is 13.6 Å². The Hall–Kier alpha value is -1.68. The summed E-state index contributed by atoms with van der Waals surface area (Å²) in [6.45, 7) is 3.37. The highest BCUT2D eigenvalue weighted by Crippen LogP contribution is 2.20. The topological polar surface area (TPSA) is 29.9 Å². The molecule has 0 saturated heterocycles. The molecular weight excluding hydrogens is 217 g/mol. The van der Waals surface area contributed by atoms with Gasteiger partial charge in [-0.05, 0) is 30.8 Å². The number of nitrogens with zero attached hydrogens (tertiary/aromatic N) is 2. The second-order valence-corrected chi connectivity index (χ2v) is 3.96. The molecule has 2 aromatic rings. The molecular formula is C13H16FN3. The summed E-state index contributed by atoms with van der Waals surface area (Å²) in [5.41, 5.74) is 2.49. The number of hydrogen-bond donors (Lipinski definition) is 1. The van der Waals surface area contributed by atoms with Gasteiger partial charge >= 0.3 is 0 Å². The van der Waals surface area contributed by atoms with Crippen molar-refractivity contribution in [2.75, 3.05) is 6.54 Å². The Kier molecular flexibility index (Phi) is 3.54. The third-order valence-electron chi connectivity index (χ3n) is 2.62. The molecule has 3 nitrogen and oxygen atoms in total. The summed E-state index contributed by atoms with van der Waals surface area (Å²) < 4.78 is 15.3. The van der Waals surface area contributed by atoms with Crippen molar-refractivity contribution in [3.63, 3.8) is 0 Å². The van der Waals surface area contributed by atoms with Gasteiger partial charge in [-0.2, -0.15) is 5.10 Å². The van der Waals surface area contributed by atoms with E-state index in [0.29, 0.717) is 12.1 Å². The summed E-state index contributed by atoms with van der Waals surface area (Å²) in [5, 5.41) is 7.43. The Labute approximate surface area is 100 Å². The van der Waals surface area contributed by atoms with Crippen LogP contribution in [0.3, 0.4) is 0 Å². The maximum atomic E-state index is 13.5. The highest BCUT2D eigenvalue weighted by molar-refractivity contribution is 5.59. The largest absolute Gasteiger partial charge is 0.313 e. The zero-order valence-electron chi connectivity index (χ0n) is 10.1. The molecule has 17 heavy (non-hydrogen) atoms. The second-order valence-electron chi connectivity index (χ2n) is 3.96. The van der Waals surface area contributed by atoms with Crippen LogP contribution in [0.5, 0.6) is 0 Å². The molecule has 4 heteroatoms. The van der Waals surface area contributed by atoms with Gasteiger partial charge in [0.25, 0.3) is 0 Å². The summed E-state index contributed by atoms with van der Waals surface area (Å²) >= 11 is 0. The lowest BCUT2D eigenvalue weighted by Gasteiger charge is -2.06. The monoisotopic (exact) mass is 233 g/mol. The smallest absolute Gasteiger partial charge is 0.127 e. The van der Waals surface area contributed by atoms with Crippen LogP contribution >= 0.6 is 0 Å². The van der Waals surface area contributed by atoms with Crippen LogP contribution in [-0.4, -0.2) is 16.3 Å². The first-order valence-corrected chi connectivity index (χ1v) is 5.70. The van der Waals surface area contributed by atoms with Gasteiger partial charge in [-0.15, -0.1) is 0 Å². The quantitative estimate of drug-likeness (QED) is 0.878. The van der Waals surface area contributed by atoms with Gasteiger partial charge in [-0.25, -0.2) is 4.39 Å². The summed E-state index contributed by atoms with van der Waals surface area (Å²) in [6, 6.07) is 7.02. The van der Waals surface area contributed by atoms with Crippen molar-refractivity contribution in [2.24, 2.45) is 7.05 Å². The Morgan fingerprint density at radius 2 is 2.18 bits per heavy atom. The first kappa shape index (κ1) is 11.8. The number of benzene rings is 1. The molecule has 0 fully saturated rings. The summed E-state index contributed by atoms with van der Waals surface area (Å²) in [5.74, 6) is -0.175. The van der Waals surface area contributed by atoms with E-state index >= 15 is 0 Å². The van der Waals surface area contributed by atoms with E-state index in [9.17, 15) is 4.39 Å². The molecule has 0 amide bonds. The van der Waals surface area contributed by atoms with Gasteiger partial charge < -0.3 is 5.32 Å². The zero-order chi connectivity index (χ0) is 12.3. The van der Waals surface area contributed by atoms with Gasteiger partial charge in [0.05, 0.1) is 5.69 Å². The van der Waals surface area contributed by atoms with Gasteiger partial charge in [0, 0.05) is 30.9 Å². The molecule has 1 aromatic heterocycles. The van der Waals surface area contributed by atoms with Crippen LogP contribution in [0.25, 0.3) is 11.3 Å². The van der Waals surface area contributed by atoms with E-state index in [-0.39, 0.29) is 5.82 Å². The minimum Gasteiger partial charge on any atom is -0.313 e. The minimum absolute atomic E-state index is 0.175. The van der Waals surface area contributed by atoms with E-state index < -0.39 is 0 Å². The Balaban J connectivity index is 2.30. The molecule has 0 aliphatic rings. The van der Waals surface area contributed by atoms with Crippen LogP contribution in [0.15, 0.2) is 30.5 Å². The van der Waals surface area contributed by atoms with E-state index in [0.717, 1.165) is 17.8 Å². The van der Waals surface area contributed by atoms with Crippen molar-refractivity contribution in [2.45, 2.75) is 13.5 Å². The van der Waals surface area contributed by atoms with Gasteiger partial charge in [0.15, 0.2) is 0 Å². The molecule has 0 aliphatic heterocycles. The SMILES string of the molecule is CCNCc1cc(-c2ccn(C)n2)ccc1F. The van der Waals surface area contributed by atoms with Crippen molar-refractivity contribution >= 4 is 0 Å². The Bertz CT molecular complexity index is 505. The van der Waals surface area contributed by atoms with Gasteiger partial charge in [0.2, 0.25) is 0 Å². The van der Waals surface area contributed by atoms with Crippen LogP contribution < -0.4 is 5.32 Å². The third-order valence-corrected chi connectivity index (χ3v) is 2.62. The van der Waals surface area contributed by atoms with E-state index in [1.54, 1.807) is 10.7 Å². The molecule has 2 rings (SSSR count). The number of aromatic nitrogens is 2. The van der Waals surface area contributed by atoms with Crippen molar-refractivity contribution in [1.82, 2.24) is 15.1 Å². The molecule has 0 spiro atoms. The number of rotatable bonds is 4. The van der Waals surface area contributed by atoms with E-state index in [1.807, 2.05) is 32.3 Å². The summed E-state index contributed by atoms with van der Waals surface area (Å²) in [6.07, 6.45) is 1.88. The lowest BCUT2D eigenvalue weighted by atomic mass is 10.1. The second kappa shape index (κ2) is 5.10. The van der Waals surface area contributed by atoms with Crippen LogP contribution in [0, 0.1) is 5.82 Å². The average molecular weight is 233 g/mol. The van der Waals surface area contributed by atoms with E-state index in [1.165, 1.54) is 6.07 Å². The molecule has 1 heterocycles. The highest BCUT2D eigenvalue weighted by atomic mass is 19.1. The average Bonchev–Trinajstić information content (AvgIpc) is 2.75. The van der Waals surface area contributed by atoms with Crippen LogP contribution in [0.1, 0.15) is 12.5 Å². The summed E-state index contributed by atoms with van der Waals surface area (Å²) in [4.78, 5) is 0. The fourth-order valence-corrected chi connectivity index (χ4v) is 1.70. The van der Waals surface area contributed by atoms with Crippen molar-refractivity contribution in [3.8, 4) is 11.3 Å². The fraction of sp³-hybridized carbons (Fsp3) is 0.308. The van der Waals surface area contributed by atoms with Gasteiger partial charge in [-0.3, -0.25) is 4.68 Å². The predicted molar refractivity (Wildman–Crippen MR) is 66.0 cm³/mol. The number of aryl methyl sites for hydroxylation is 1. The van der Waals surface area contributed by atoms with Crippen molar-refractivity contribution in [1.29, 1.82) is 0 Å². The van der Waals surface area contributed by atoms with Crippen LogP contribution in [0.2, 0.25) is 0 Å². The first-order chi connectivity index (χ1) is 8.20. The normalized spacial score (nSPS) is 10.8. The van der Waals surface area contributed by atoms with Gasteiger partial charge in [-0.1, -0.05) is 6.92 Å². The highest BCUT2D eigenvalue weighted by Gasteiger charge is 2.06. The molecule has 0 bridgehead atoms. The van der Waals surface area contributed by atoms with E-state index in [4.69, 9.17) is 0 Å². The van der Waals surface area contributed by atoms with Crippen molar-refractivity contribution in [3.05, 3.63) is 41.8 Å². The van der Waals surface area contributed by atoms with E-state index in [2.05, 4.69) is 10.4 Å². The Morgan fingerprint density at radius 1 is 1.35 bits per heavy atom. The zero-order valence-corrected chi connectivity index (χ0v) is 10.1. The molecule has 1 N–H and O–H groups in total. The summed E-state index contributed by atoms with van der Waals surface area (Å²) in [7, 11) is 1.87. The molecule has 0 saturated carbocycles. The standard InChI is InChI=1S/C13H16FN3/c1-3-15-9-11-8-10(4-5-12(11)14)13-6-7-17(2)16-13/h4-8,15H,3,9H2,1-2H3. The lowest BCUT2D eigenvalue weighted by Crippen LogP contribution is -2.13. The predicted octanol–water partition coefficient (Wildman–Crippen LogP) is 2.34. The molecule has 0 unspecified atom stereocenters. The number of hydrogen-bond acceptors (Lipinski definition) is 2. The van der Waals surface area contributed by atoms with Gasteiger partial charge in [0.1, 0.15) is 5.82 Å². The number of halogens is 1. The first-order valence-electron chi connectivity index (χ1n) is 5.70. The van der Waals surface area contributed by atoms with Crippen molar-refractivity contribution < 1.29 is 4.39 Å². The molecule has 0 radical (unpaired) electrons. The molecule has 1 aromatic carbocycles. The minimum atomic E-state index is -0.175. The maximum Gasteiger partial charge on any atom is 0.127 e. The third kappa shape index (κ3) is 2.71. The lowest BCUT2D eigenvalue weighted by molar-refractivity contribution is 0.593.